The lowest BCUT2D eigenvalue weighted by molar-refractivity contribution is 0.0708. The topological polar surface area (TPSA) is 64.3 Å². The fourth-order valence-corrected chi connectivity index (χ4v) is 2.69. The van der Waals surface area contributed by atoms with E-state index in [1.165, 1.54) is 0 Å². The van der Waals surface area contributed by atoms with E-state index in [0.717, 1.165) is 43.7 Å². The van der Waals surface area contributed by atoms with E-state index in [1.807, 2.05) is 0 Å². The molecule has 5 nitrogen and oxygen atoms in total. The third kappa shape index (κ3) is 3.42. The number of nitrogens with two attached hydrogens (primary N) is 1. The van der Waals surface area contributed by atoms with Gasteiger partial charge in [-0.05, 0) is 19.3 Å². The highest BCUT2D eigenvalue weighted by Crippen LogP contribution is 2.24. The molecular weight excluding hydrogens is 240 g/mol. The molecule has 1 aromatic rings. The molecule has 2 rings (SSSR count). The molecule has 0 bridgehead atoms. The molecule has 0 radical (unpaired) electrons. The summed E-state index contributed by atoms with van der Waals surface area (Å²) in [6.45, 7) is 3.74. The van der Waals surface area contributed by atoms with Crippen molar-refractivity contribution >= 4 is 5.82 Å². The van der Waals surface area contributed by atoms with Crippen molar-refractivity contribution in [1.29, 1.82) is 0 Å². The molecule has 1 aliphatic heterocycles. The first kappa shape index (κ1) is 14.2. The minimum absolute atomic E-state index is 0.308. The number of rotatable bonds is 5. The van der Waals surface area contributed by atoms with E-state index in [9.17, 15) is 0 Å². The van der Waals surface area contributed by atoms with Crippen LogP contribution < -0.4 is 10.6 Å². The van der Waals surface area contributed by atoms with Crippen LogP contribution in [0.4, 0.5) is 5.82 Å². The van der Waals surface area contributed by atoms with Gasteiger partial charge in [0.15, 0.2) is 0 Å². The molecule has 1 aromatic heterocycles. The summed E-state index contributed by atoms with van der Waals surface area (Å²) in [5, 5.41) is 0. The number of anilines is 1. The normalized spacial score (nSPS) is 23.6. The van der Waals surface area contributed by atoms with Crippen LogP contribution >= 0.6 is 0 Å². The van der Waals surface area contributed by atoms with Crippen molar-refractivity contribution in [3.8, 4) is 0 Å². The number of aromatic nitrogens is 2. The fraction of sp³-hybridized carbons (Fsp3) is 0.714. The minimum atomic E-state index is 0.308. The molecule has 1 saturated heterocycles. The molecule has 2 atom stereocenters. The van der Waals surface area contributed by atoms with Crippen LogP contribution in [-0.2, 0) is 11.2 Å². The molecule has 0 aromatic carbocycles. The van der Waals surface area contributed by atoms with Crippen molar-refractivity contribution in [3.63, 3.8) is 0 Å². The lowest BCUT2D eigenvalue weighted by Crippen LogP contribution is -2.49. The van der Waals surface area contributed by atoms with Crippen LogP contribution in [0.15, 0.2) is 12.4 Å². The first-order valence-electron chi connectivity index (χ1n) is 7.08. The van der Waals surface area contributed by atoms with Crippen LogP contribution in [0.3, 0.4) is 0 Å². The van der Waals surface area contributed by atoms with E-state index in [4.69, 9.17) is 10.5 Å². The molecule has 2 N–H and O–H groups in total. The molecular formula is C14H24N4O. The number of nitrogens with zero attached hydrogens (tertiary/aromatic N) is 3. The molecule has 0 saturated carbocycles. The van der Waals surface area contributed by atoms with E-state index >= 15 is 0 Å². The largest absolute Gasteiger partial charge is 0.381 e. The van der Waals surface area contributed by atoms with Gasteiger partial charge in [0.1, 0.15) is 12.1 Å². The maximum Gasteiger partial charge on any atom is 0.132 e. The van der Waals surface area contributed by atoms with Crippen LogP contribution in [-0.4, -0.2) is 42.3 Å². The Balaban J connectivity index is 2.13. The molecule has 19 heavy (non-hydrogen) atoms. The zero-order valence-corrected chi connectivity index (χ0v) is 11.9. The van der Waals surface area contributed by atoms with Gasteiger partial charge >= 0.3 is 0 Å². The van der Waals surface area contributed by atoms with Crippen LogP contribution in [0.25, 0.3) is 0 Å². The lowest BCUT2D eigenvalue weighted by Gasteiger charge is -2.39. The Morgan fingerprint density at radius 2 is 2.32 bits per heavy atom. The second kappa shape index (κ2) is 6.82. The molecule has 0 spiro atoms. The Hall–Kier alpha value is -1.20. The maximum atomic E-state index is 5.90. The Bertz CT molecular complexity index is 399. The van der Waals surface area contributed by atoms with Crippen LogP contribution in [0.5, 0.6) is 0 Å². The average Bonchev–Trinajstić information content (AvgIpc) is 2.47. The van der Waals surface area contributed by atoms with Crippen molar-refractivity contribution < 1.29 is 4.74 Å². The summed E-state index contributed by atoms with van der Waals surface area (Å²) in [5.41, 5.74) is 7.01. The molecule has 2 heterocycles. The van der Waals surface area contributed by atoms with Gasteiger partial charge in [-0.2, -0.15) is 0 Å². The van der Waals surface area contributed by atoms with Crippen molar-refractivity contribution in [2.45, 2.75) is 44.8 Å². The standard InChI is InChI=1S/C14H24N4O/c1-3-4-11-7-14(17-10-16-11)18-6-5-13(19-2)8-12(18)9-15/h7,10,12-13H,3-6,8-9,15H2,1-2H3. The summed E-state index contributed by atoms with van der Waals surface area (Å²) in [6.07, 6.45) is 6.08. The van der Waals surface area contributed by atoms with Gasteiger partial charge in [-0.15, -0.1) is 0 Å². The van der Waals surface area contributed by atoms with E-state index in [2.05, 4.69) is 27.9 Å². The third-order valence-corrected chi connectivity index (χ3v) is 3.78. The summed E-state index contributed by atoms with van der Waals surface area (Å²) in [4.78, 5) is 11.0. The highest BCUT2D eigenvalue weighted by molar-refractivity contribution is 5.41. The number of hydrogen-bond donors (Lipinski definition) is 1. The maximum absolute atomic E-state index is 5.90. The van der Waals surface area contributed by atoms with E-state index < -0.39 is 0 Å². The summed E-state index contributed by atoms with van der Waals surface area (Å²) in [6, 6.07) is 2.40. The van der Waals surface area contributed by atoms with Crippen LogP contribution in [0.1, 0.15) is 31.9 Å². The smallest absolute Gasteiger partial charge is 0.132 e. The van der Waals surface area contributed by atoms with Gasteiger partial charge < -0.3 is 15.4 Å². The molecule has 106 valence electrons. The minimum Gasteiger partial charge on any atom is -0.381 e. The predicted octanol–water partition coefficient (Wildman–Crippen LogP) is 1.37. The van der Waals surface area contributed by atoms with Crippen molar-refractivity contribution in [2.24, 2.45) is 5.73 Å². The number of ether oxygens (including phenoxy) is 1. The number of hydrogen-bond acceptors (Lipinski definition) is 5. The molecule has 0 amide bonds. The van der Waals surface area contributed by atoms with Gasteiger partial charge in [-0.1, -0.05) is 13.3 Å². The first-order valence-corrected chi connectivity index (χ1v) is 7.08. The van der Waals surface area contributed by atoms with Crippen LogP contribution in [0, 0.1) is 0 Å². The molecule has 1 fully saturated rings. The average molecular weight is 264 g/mol. The highest BCUT2D eigenvalue weighted by Gasteiger charge is 2.28. The molecule has 1 aliphatic rings. The van der Waals surface area contributed by atoms with Crippen LogP contribution in [0.2, 0.25) is 0 Å². The highest BCUT2D eigenvalue weighted by atomic mass is 16.5. The monoisotopic (exact) mass is 264 g/mol. The van der Waals surface area contributed by atoms with E-state index in [-0.39, 0.29) is 0 Å². The van der Waals surface area contributed by atoms with E-state index in [1.54, 1.807) is 13.4 Å². The van der Waals surface area contributed by atoms with Crippen molar-refractivity contribution in [1.82, 2.24) is 9.97 Å². The zero-order chi connectivity index (χ0) is 13.7. The summed E-state index contributed by atoms with van der Waals surface area (Å²) in [7, 11) is 1.78. The van der Waals surface area contributed by atoms with Gasteiger partial charge in [-0.3, -0.25) is 0 Å². The summed E-state index contributed by atoms with van der Waals surface area (Å²) >= 11 is 0. The van der Waals surface area contributed by atoms with Gasteiger partial charge in [0.05, 0.1) is 6.10 Å². The van der Waals surface area contributed by atoms with Gasteiger partial charge in [-0.25, -0.2) is 9.97 Å². The Kier molecular flexibility index (Phi) is 5.10. The van der Waals surface area contributed by atoms with Crippen molar-refractivity contribution in [3.05, 3.63) is 18.1 Å². The second-order valence-corrected chi connectivity index (χ2v) is 5.08. The second-order valence-electron chi connectivity index (χ2n) is 5.08. The number of methoxy groups -OCH3 is 1. The number of piperidine rings is 1. The Labute approximate surface area is 115 Å². The first-order chi connectivity index (χ1) is 9.28. The fourth-order valence-electron chi connectivity index (χ4n) is 2.69. The Morgan fingerprint density at radius 3 is 3.00 bits per heavy atom. The number of aryl methyl sites for hydroxylation is 1. The van der Waals surface area contributed by atoms with Crippen molar-refractivity contribution in [2.75, 3.05) is 25.1 Å². The van der Waals surface area contributed by atoms with Gasteiger partial charge in [0, 0.05) is 38.0 Å². The summed E-state index contributed by atoms with van der Waals surface area (Å²) in [5.74, 6) is 1.00. The van der Waals surface area contributed by atoms with Gasteiger partial charge in [0.2, 0.25) is 0 Å². The zero-order valence-electron chi connectivity index (χ0n) is 11.9. The van der Waals surface area contributed by atoms with Gasteiger partial charge in [0.25, 0.3) is 0 Å². The van der Waals surface area contributed by atoms with E-state index in [0.29, 0.717) is 18.7 Å². The molecule has 2 unspecified atom stereocenters. The SMILES string of the molecule is CCCc1cc(N2CCC(OC)CC2CN)ncn1. The Morgan fingerprint density at radius 1 is 1.47 bits per heavy atom. The molecule has 5 heteroatoms. The quantitative estimate of drug-likeness (QED) is 0.870. The summed E-state index contributed by atoms with van der Waals surface area (Å²) < 4.78 is 5.45. The third-order valence-electron chi connectivity index (χ3n) is 3.78. The predicted molar refractivity (Wildman–Crippen MR) is 76.2 cm³/mol. The lowest BCUT2D eigenvalue weighted by atomic mass is 9.99. The molecule has 0 aliphatic carbocycles.